The summed E-state index contributed by atoms with van der Waals surface area (Å²) in [6.07, 6.45) is 0.686. The minimum atomic E-state index is -1.16. The quantitative estimate of drug-likeness (QED) is 0.790. The second kappa shape index (κ2) is 7.72. The predicted octanol–water partition coefficient (Wildman–Crippen LogP) is 3.92. The van der Waals surface area contributed by atoms with E-state index in [1.54, 1.807) is 11.8 Å². The summed E-state index contributed by atoms with van der Waals surface area (Å²) in [6, 6.07) is 15.2. The number of benzene rings is 2. The summed E-state index contributed by atoms with van der Waals surface area (Å²) in [5, 5.41) is 3.61. The number of nitrogens with zero attached hydrogens (tertiary/aromatic N) is 1. The van der Waals surface area contributed by atoms with E-state index < -0.39 is 4.75 Å². The average Bonchev–Trinajstić information content (AvgIpc) is 2.64. The smallest absolute Gasteiger partial charge is 0.252 e. The van der Waals surface area contributed by atoms with Crippen molar-refractivity contribution in [1.82, 2.24) is 5.32 Å². The number of carbonyl (C=O) groups is 2. The Balaban J connectivity index is 1.71. The SMILES string of the molecule is CCN1C(=O)C(C)(C(=O)NCCc2ccc(Cl)cc2)Sc2ccccc21. The van der Waals surface area contributed by atoms with Gasteiger partial charge < -0.3 is 10.2 Å². The van der Waals surface area contributed by atoms with E-state index in [0.29, 0.717) is 24.5 Å². The molecule has 2 aromatic rings. The number of halogens is 1. The minimum absolute atomic E-state index is 0.173. The Morgan fingerprint density at radius 2 is 1.88 bits per heavy atom. The van der Waals surface area contributed by atoms with Crippen molar-refractivity contribution in [3.63, 3.8) is 0 Å². The molecule has 1 atom stereocenters. The number of hydrogen-bond acceptors (Lipinski definition) is 3. The largest absolute Gasteiger partial charge is 0.354 e. The molecule has 1 heterocycles. The minimum Gasteiger partial charge on any atom is -0.354 e. The van der Waals surface area contributed by atoms with E-state index in [0.717, 1.165) is 16.1 Å². The molecule has 2 amide bonds. The second-order valence-electron chi connectivity index (χ2n) is 6.28. The fourth-order valence-electron chi connectivity index (χ4n) is 2.99. The third-order valence-electron chi connectivity index (χ3n) is 4.49. The van der Waals surface area contributed by atoms with E-state index >= 15 is 0 Å². The van der Waals surface area contributed by atoms with E-state index in [2.05, 4.69) is 5.32 Å². The lowest BCUT2D eigenvalue weighted by Crippen LogP contribution is -2.56. The van der Waals surface area contributed by atoms with Crippen molar-refractivity contribution >= 4 is 40.9 Å². The molecule has 0 saturated heterocycles. The van der Waals surface area contributed by atoms with Crippen LogP contribution in [0.15, 0.2) is 53.4 Å². The molecule has 0 fully saturated rings. The van der Waals surface area contributed by atoms with Crippen molar-refractivity contribution in [3.05, 3.63) is 59.1 Å². The van der Waals surface area contributed by atoms with Crippen molar-refractivity contribution in [2.45, 2.75) is 29.9 Å². The van der Waals surface area contributed by atoms with Crippen LogP contribution in [0.4, 0.5) is 5.69 Å². The van der Waals surface area contributed by atoms with Gasteiger partial charge in [0.2, 0.25) is 5.91 Å². The van der Waals surface area contributed by atoms with Gasteiger partial charge in [0.05, 0.1) is 5.69 Å². The summed E-state index contributed by atoms with van der Waals surface area (Å²) in [4.78, 5) is 28.5. The first-order valence-electron chi connectivity index (χ1n) is 8.58. The first-order chi connectivity index (χ1) is 12.5. The van der Waals surface area contributed by atoms with Gasteiger partial charge in [0.1, 0.15) is 0 Å². The molecular weight excluding hydrogens is 368 g/mol. The monoisotopic (exact) mass is 388 g/mol. The van der Waals surface area contributed by atoms with Crippen LogP contribution in [0.5, 0.6) is 0 Å². The van der Waals surface area contributed by atoms with Crippen LogP contribution in [0.25, 0.3) is 0 Å². The molecule has 1 N–H and O–H groups in total. The third kappa shape index (κ3) is 3.60. The number of amides is 2. The van der Waals surface area contributed by atoms with Crippen molar-refractivity contribution in [2.24, 2.45) is 0 Å². The normalized spacial score (nSPS) is 19.2. The topological polar surface area (TPSA) is 49.4 Å². The van der Waals surface area contributed by atoms with Gasteiger partial charge in [0.25, 0.3) is 5.91 Å². The van der Waals surface area contributed by atoms with E-state index in [4.69, 9.17) is 11.6 Å². The highest BCUT2D eigenvalue weighted by molar-refractivity contribution is 8.02. The maximum atomic E-state index is 13.0. The maximum absolute atomic E-state index is 13.0. The van der Waals surface area contributed by atoms with Crippen LogP contribution < -0.4 is 10.2 Å². The zero-order chi connectivity index (χ0) is 18.7. The molecule has 26 heavy (non-hydrogen) atoms. The lowest BCUT2D eigenvalue weighted by Gasteiger charge is -2.38. The van der Waals surface area contributed by atoms with Crippen molar-refractivity contribution in [1.29, 1.82) is 0 Å². The Morgan fingerprint density at radius 3 is 2.58 bits per heavy atom. The molecule has 0 spiro atoms. The summed E-state index contributed by atoms with van der Waals surface area (Å²) in [7, 11) is 0. The number of fused-ring (bicyclic) bond motifs is 1. The molecule has 0 aliphatic carbocycles. The van der Waals surface area contributed by atoms with Crippen LogP contribution in [0.2, 0.25) is 5.02 Å². The predicted molar refractivity (Wildman–Crippen MR) is 107 cm³/mol. The van der Waals surface area contributed by atoms with E-state index in [-0.39, 0.29) is 11.8 Å². The summed E-state index contributed by atoms with van der Waals surface area (Å²) >= 11 is 7.21. The van der Waals surface area contributed by atoms with Gasteiger partial charge in [-0.2, -0.15) is 0 Å². The summed E-state index contributed by atoms with van der Waals surface area (Å²) in [5.41, 5.74) is 1.96. The zero-order valence-corrected chi connectivity index (χ0v) is 16.4. The van der Waals surface area contributed by atoms with E-state index in [9.17, 15) is 9.59 Å². The Morgan fingerprint density at radius 1 is 1.19 bits per heavy atom. The van der Waals surface area contributed by atoms with Crippen LogP contribution in [0.1, 0.15) is 19.4 Å². The number of anilines is 1. The maximum Gasteiger partial charge on any atom is 0.252 e. The Hall–Kier alpha value is -1.98. The van der Waals surface area contributed by atoms with Crippen molar-refractivity contribution < 1.29 is 9.59 Å². The second-order valence-corrected chi connectivity index (χ2v) is 8.18. The van der Waals surface area contributed by atoms with Crippen LogP contribution in [0, 0.1) is 0 Å². The van der Waals surface area contributed by atoms with Gasteiger partial charge in [-0.15, -0.1) is 0 Å². The molecule has 0 bridgehead atoms. The molecule has 1 aliphatic heterocycles. The molecule has 6 heteroatoms. The molecule has 2 aromatic carbocycles. The van der Waals surface area contributed by atoms with Crippen molar-refractivity contribution in [2.75, 3.05) is 18.0 Å². The molecule has 1 unspecified atom stereocenters. The number of hydrogen-bond donors (Lipinski definition) is 1. The van der Waals surface area contributed by atoms with Gasteiger partial charge in [0.15, 0.2) is 4.75 Å². The van der Waals surface area contributed by atoms with Gasteiger partial charge in [-0.25, -0.2) is 0 Å². The molecule has 3 rings (SSSR count). The van der Waals surface area contributed by atoms with Crippen LogP contribution in [-0.4, -0.2) is 29.7 Å². The molecule has 0 radical (unpaired) electrons. The fraction of sp³-hybridized carbons (Fsp3) is 0.300. The third-order valence-corrected chi connectivity index (χ3v) is 6.07. The lowest BCUT2D eigenvalue weighted by molar-refractivity contribution is -0.131. The summed E-state index contributed by atoms with van der Waals surface area (Å²) < 4.78 is -1.16. The van der Waals surface area contributed by atoms with Gasteiger partial charge in [-0.1, -0.05) is 47.6 Å². The molecule has 136 valence electrons. The first-order valence-corrected chi connectivity index (χ1v) is 9.78. The number of nitrogens with one attached hydrogen (secondary N) is 1. The molecule has 0 aromatic heterocycles. The summed E-state index contributed by atoms with van der Waals surface area (Å²) in [6.45, 7) is 4.63. The highest BCUT2D eigenvalue weighted by Crippen LogP contribution is 2.45. The molecule has 0 saturated carbocycles. The van der Waals surface area contributed by atoms with Crippen LogP contribution in [0.3, 0.4) is 0 Å². The highest BCUT2D eigenvalue weighted by Gasteiger charge is 2.48. The number of para-hydroxylation sites is 1. The standard InChI is InChI=1S/C20H21ClN2O2S/c1-3-23-16-6-4-5-7-17(16)26-20(2,19(23)25)18(24)22-13-12-14-8-10-15(21)11-9-14/h4-11H,3,12-13H2,1-2H3,(H,22,24). The zero-order valence-electron chi connectivity index (χ0n) is 14.8. The average molecular weight is 389 g/mol. The molecule has 1 aliphatic rings. The lowest BCUT2D eigenvalue weighted by atomic mass is 10.1. The van der Waals surface area contributed by atoms with Gasteiger partial charge in [0, 0.05) is 23.0 Å². The number of rotatable bonds is 5. The number of thioether (sulfide) groups is 1. The van der Waals surface area contributed by atoms with E-state index in [1.807, 2.05) is 55.5 Å². The van der Waals surface area contributed by atoms with E-state index in [1.165, 1.54) is 11.8 Å². The van der Waals surface area contributed by atoms with Gasteiger partial charge in [-0.3, -0.25) is 9.59 Å². The van der Waals surface area contributed by atoms with Gasteiger partial charge in [-0.05, 0) is 50.1 Å². The Labute approximate surface area is 162 Å². The Kier molecular flexibility index (Phi) is 5.58. The van der Waals surface area contributed by atoms with Crippen LogP contribution >= 0.6 is 23.4 Å². The number of carbonyl (C=O) groups excluding carboxylic acids is 2. The fourth-order valence-corrected chi connectivity index (χ4v) is 4.35. The highest BCUT2D eigenvalue weighted by atomic mass is 35.5. The van der Waals surface area contributed by atoms with Crippen molar-refractivity contribution in [3.8, 4) is 0 Å². The molecule has 4 nitrogen and oxygen atoms in total. The van der Waals surface area contributed by atoms with Gasteiger partial charge >= 0.3 is 0 Å². The molecular formula is C20H21ClN2O2S. The first kappa shape index (κ1) is 18.8. The Bertz CT molecular complexity index is 825. The summed E-state index contributed by atoms with van der Waals surface area (Å²) in [5.74, 6) is -0.429. The van der Waals surface area contributed by atoms with Crippen LogP contribution in [-0.2, 0) is 16.0 Å².